The van der Waals surface area contributed by atoms with E-state index >= 15 is 0 Å². The number of carbonyl (C=O) groups is 1. The number of aromatic nitrogens is 2. The molecule has 1 aliphatic heterocycles. The van der Waals surface area contributed by atoms with Gasteiger partial charge in [-0.15, -0.1) is 0 Å². The van der Waals surface area contributed by atoms with E-state index < -0.39 is 10.0 Å². The molecule has 3 heterocycles. The summed E-state index contributed by atoms with van der Waals surface area (Å²) in [7, 11) is -3.50. The van der Waals surface area contributed by atoms with Gasteiger partial charge in [0.05, 0.1) is 16.2 Å². The average Bonchev–Trinajstić information content (AvgIpc) is 3.55. The predicted octanol–water partition coefficient (Wildman–Crippen LogP) is 4.26. The Morgan fingerprint density at radius 3 is 2.51 bits per heavy atom. The maximum absolute atomic E-state index is 13.0. The van der Waals surface area contributed by atoms with E-state index in [0.717, 1.165) is 29.7 Å². The molecule has 180 valence electrons. The Labute approximate surface area is 204 Å². The Morgan fingerprint density at radius 1 is 1.03 bits per heavy atom. The van der Waals surface area contributed by atoms with Crippen molar-refractivity contribution in [3.63, 3.8) is 0 Å². The minimum Gasteiger partial charge on any atom is -0.486 e. The van der Waals surface area contributed by atoms with Crippen LogP contribution in [0.2, 0.25) is 0 Å². The fraction of sp³-hybridized carbons (Fsp3) is 0.231. The molecule has 1 amide bonds. The number of amides is 1. The smallest absolute Gasteiger partial charge is 0.259 e. The number of nitrogens with one attached hydrogen (secondary N) is 1. The highest BCUT2D eigenvalue weighted by Crippen LogP contribution is 2.24. The third-order valence-corrected chi connectivity index (χ3v) is 7.96. The first-order chi connectivity index (χ1) is 16.9. The van der Waals surface area contributed by atoms with Gasteiger partial charge < -0.3 is 14.5 Å². The summed E-state index contributed by atoms with van der Waals surface area (Å²) in [6.45, 7) is 3.31. The first-order valence-corrected chi connectivity index (χ1v) is 12.9. The number of rotatable bonds is 7. The second-order valence-corrected chi connectivity index (χ2v) is 10.5. The van der Waals surface area contributed by atoms with Crippen molar-refractivity contribution in [3.05, 3.63) is 89.9 Å². The van der Waals surface area contributed by atoms with E-state index in [1.54, 1.807) is 36.4 Å². The molecule has 5 rings (SSSR count). The second kappa shape index (κ2) is 9.52. The van der Waals surface area contributed by atoms with E-state index in [4.69, 9.17) is 4.74 Å². The molecule has 0 bridgehead atoms. The van der Waals surface area contributed by atoms with Crippen molar-refractivity contribution < 1.29 is 17.9 Å². The molecule has 2 aromatic carbocycles. The molecule has 9 heteroatoms. The highest BCUT2D eigenvalue weighted by atomic mass is 32.2. The summed E-state index contributed by atoms with van der Waals surface area (Å²) < 4.78 is 34.8. The lowest BCUT2D eigenvalue weighted by Crippen LogP contribution is -2.27. The fourth-order valence-electron chi connectivity index (χ4n) is 4.19. The van der Waals surface area contributed by atoms with Gasteiger partial charge in [0.1, 0.15) is 18.0 Å². The molecule has 0 aliphatic carbocycles. The molecule has 8 nitrogen and oxygen atoms in total. The highest BCUT2D eigenvalue weighted by molar-refractivity contribution is 7.89. The maximum Gasteiger partial charge on any atom is 0.259 e. The van der Waals surface area contributed by atoms with Gasteiger partial charge in [0, 0.05) is 31.2 Å². The number of nitrogens with zero attached hydrogens (tertiary/aromatic N) is 3. The number of carbonyl (C=O) groups excluding carboxylic acids is 1. The summed E-state index contributed by atoms with van der Waals surface area (Å²) in [6, 6.07) is 17.2. The zero-order chi connectivity index (χ0) is 24.4. The third kappa shape index (κ3) is 4.78. The summed E-state index contributed by atoms with van der Waals surface area (Å²) in [6.07, 6.45) is 5.60. The van der Waals surface area contributed by atoms with Crippen LogP contribution in [0.15, 0.2) is 78.0 Å². The van der Waals surface area contributed by atoms with E-state index in [0.29, 0.717) is 30.1 Å². The zero-order valence-corrected chi connectivity index (χ0v) is 20.2. The number of benzene rings is 2. The number of hydrogen-bond acceptors (Lipinski definition) is 5. The molecular weight excluding hydrogens is 464 g/mol. The minimum absolute atomic E-state index is 0.217. The molecule has 0 unspecified atom stereocenters. The second-order valence-electron chi connectivity index (χ2n) is 8.53. The van der Waals surface area contributed by atoms with Gasteiger partial charge in [-0.25, -0.2) is 13.4 Å². The number of aryl methyl sites for hydroxylation is 1. The molecule has 0 radical (unpaired) electrons. The lowest BCUT2D eigenvalue weighted by atomic mass is 10.2. The molecule has 2 aromatic heterocycles. The van der Waals surface area contributed by atoms with Crippen LogP contribution < -0.4 is 10.1 Å². The van der Waals surface area contributed by atoms with Crippen molar-refractivity contribution in [2.75, 3.05) is 18.4 Å². The van der Waals surface area contributed by atoms with Gasteiger partial charge >= 0.3 is 0 Å². The Balaban J connectivity index is 1.28. The molecule has 1 saturated heterocycles. The lowest BCUT2D eigenvalue weighted by molar-refractivity contribution is 0.102. The van der Waals surface area contributed by atoms with Crippen molar-refractivity contribution >= 4 is 27.3 Å². The number of anilines is 1. The van der Waals surface area contributed by atoms with Crippen molar-refractivity contribution in [1.82, 2.24) is 13.7 Å². The largest absolute Gasteiger partial charge is 0.486 e. The van der Waals surface area contributed by atoms with Gasteiger partial charge in [0.15, 0.2) is 0 Å². The summed E-state index contributed by atoms with van der Waals surface area (Å²) in [5.74, 6) is 0.0913. The fourth-order valence-corrected chi connectivity index (χ4v) is 5.71. The van der Waals surface area contributed by atoms with Crippen molar-refractivity contribution in [1.29, 1.82) is 0 Å². The van der Waals surface area contributed by atoms with Crippen LogP contribution in [0, 0.1) is 6.92 Å². The number of sulfonamides is 1. The highest BCUT2D eigenvalue weighted by Gasteiger charge is 2.27. The molecule has 4 aromatic rings. The van der Waals surface area contributed by atoms with E-state index in [1.807, 2.05) is 35.9 Å². The van der Waals surface area contributed by atoms with E-state index in [9.17, 15) is 13.2 Å². The number of imidazole rings is 1. The van der Waals surface area contributed by atoms with Gasteiger partial charge in [0.2, 0.25) is 10.0 Å². The lowest BCUT2D eigenvalue weighted by Gasteiger charge is -2.16. The Kier molecular flexibility index (Phi) is 6.27. The van der Waals surface area contributed by atoms with Crippen LogP contribution in [0.1, 0.15) is 34.5 Å². The first-order valence-electron chi connectivity index (χ1n) is 11.5. The summed E-state index contributed by atoms with van der Waals surface area (Å²) in [5.41, 5.74) is 3.57. The molecular formula is C26H26N4O4S. The molecule has 0 spiro atoms. The van der Waals surface area contributed by atoms with Gasteiger partial charge in [0.25, 0.3) is 5.91 Å². The van der Waals surface area contributed by atoms with E-state index in [1.165, 1.54) is 16.4 Å². The predicted molar refractivity (Wildman–Crippen MR) is 133 cm³/mol. The quantitative estimate of drug-likeness (QED) is 0.418. The van der Waals surface area contributed by atoms with Gasteiger partial charge in [-0.1, -0.05) is 18.2 Å². The Bertz CT molecular complexity index is 1470. The van der Waals surface area contributed by atoms with Crippen LogP contribution >= 0.6 is 0 Å². The van der Waals surface area contributed by atoms with Gasteiger partial charge in [-0.05, 0) is 67.8 Å². The molecule has 1 fully saturated rings. The van der Waals surface area contributed by atoms with Crippen LogP contribution in [-0.4, -0.2) is 41.1 Å². The van der Waals surface area contributed by atoms with Crippen LogP contribution in [0.5, 0.6) is 5.75 Å². The Hall–Kier alpha value is -3.69. The number of para-hydroxylation sites is 1. The van der Waals surface area contributed by atoms with Gasteiger partial charge in [-0.3, -0.25) is 4.79 Å². The van der Waals surface area contributed by atoms with Crippen LogP contribution in [0.4, 0.5) is 5.69 Å². The number of pyridine rings is 1. The number of hydrogen-bond donors (Lipinski definition) is 1. The summed E-state index contributed by atoms with van der Waals surface area (Å²) in [4.78, 5) is 17.8. The van der Waals surface area contributed by atoms with E-state index in [2.05, 4.69) is 10.3 Å². The summed E-state index contributed by atoms with van der Waals surface area (Å²) >= 11 is 0. The number of fused-ring (bicyclic) bond motifs is 1. The van der Waals surface area contributed by atoms with Crippen LogP contribution in [0.3, 0.4) is 0 Å². The van der Waals surface area contributed by atoms with E-state index in [-0.39, 0.29) is 17.4 Å². The topological polar surface area (TPSA) is 93.0 Å². The zero-order valence-electron chi connectivity index (χ0n) is 19.3. The van der Waals surface area contributed by atoms with Crippen molar-refractivity contribution in [2.45, 2.75) is 31.3 Å². The van der Waals surface area contributed by atoms with Crippen molar-refractivity contribution in [3.8, 4) is 5.75 Å². The average molecular weight is 491 g/mol. The van der Waals surface area contributed by atoms with Crippen molar-refractivity contribution in [2.24, 2.45) is 0 Å². The first kappa shape index (κ1) is 23.1. The van der Waals surface area contributed by atoms with Gasteiger partial charge in [-0.2, -0.15) is 4.31 Å². The molecule has 1 aliphatic rings. The molecule has 0 saturated carbocycles. The SMILES string of the molecule is Cc1cccn2cc(COc3ccccc3C(=O)Nc3ccc(S(=O)(=O)N4CCCC4)cc3)nc12. The third-order valence-electron chi connectivity index (χ3n) is 6.05. The molecule has 35 heavy (non-hydrogen) atoms. The molecule has 0 atom stereocenters. The monoisotopic (exact) mass is 490 g/mol. The molecule has 1 N–H and O–H groups in total. The number of ether oxygens (including phenoxy) is 1. The minimum atomic E-state index is -3.50. The normalized spacial score (nSPS) is 14.3. The van der Waals surface area contributed by atoms with Crippen LogP contribution in [0.25, 0.3) is 5.65 Å². The maximum atomic E-state index is 13.0. The summed E-state index contributed by atoms with van der Waals surface area (Å²) in [5, 5.41) is 2.83. The standard InChI is InChI=1S/C26H26N4O4S/c1-19-7-6-14-29-17-21(27-25(19)29)18-34-24-9-3-2-8-23(24)26(31)28-20-10-12-22(13-11-20)35(32,33)30-15-4-5-16-30/h2-3,6-14,17H,4-5,15-16,18H2,1H3,(H,28,31). The van der Waals surface area contributed by atoms with Crippen LogP contribution in [-0.2, 0) is 16.6 Å². The Morgan fingerprint density at radius 2 is 1.77 bits per heavy atom.